The molecule has 2 unspecified atom stereocenters. The van der Waals surface area contributed by atoms with Crippen LogP contribution in [-0.4, -0.2) is 20.1 Å². The van der Waals surface area contributed by atoms with Gasteiger partial charge in [0.15, 0.2) is 0 Å². The van der Waals surface area contributed by atoms with Crippen molar-refractivity contribution in [2.24, 2.45) is 0 Å². The van der Waals surface area contributed by atoms with Crippen molar-refractivity contribution >= 4 is 34.4 Å². The first-order valence-corrected chi connectivity index (χ1v) is 8.63. The third kappa shape index (κ3) is 2.65. The molecule has 0 spiro atoms. The van der Waals surface area contributed by atoms with E-state index in [0.717, 1.165) is 23.4 Å². The smallest absolute Gasteiger partial charge is 0.127 e. The minimum Gasteiger partial charge on any atom is -0.325 e. The van der Waals surface area contributed by atoms with Crippen LogP contribution in [0.5, 0.6) is 0 Å². The Labute approximate surface area is 134 Å². The molecular weight excluding hydrogens is 302 g/mol. The Kier molecular flexibility index (Phi) is 3.90. The van der Waals surface area contributed by atoms with E-state index in [4.69, 9.17) is 11.6 Å². The zero-order valence-electron chi connectivity index (χ0n) is 12.3. The van der Waals surface area contributed by atoms with Crippen LogP contribution < -0.4 is 0 Å². The first kappa shape index (κ1) is 14.7. The van der Waals surface area contributed by atoms with Gasteiger partial charge in [0.2, 0.25) is 0 Å². The van der Waals surface area contributed by atoms with Crippen molar-refractivity contribution in [2.75, 3.05) is 5.75 Å². The molecule has 0 saturated carbocycles. The number of thioether (sulfide) groups is 1. The summed E-state index contributed by atoms with van der Waals surface area (Å²) in [6.45, 7) is 5.15. The summed E-state index contributed by atoms with van der Waals surface area (Å²) >= 11 is 8.36. The van der Waals surface area contributed by atoms with Gasteiger partial charge in [-0.25, -0.2) is 4.98 Å². The van der Waals surface area contributed by atoms with Crippen molar-refractivity contribution in [2.45, 2.75) is 43.4 Å². The molecule has 0 bridgehead atoms. The van der Waals surface area contributed by atoms with Crippen LogP contribution in [0.3, 0.4) is 0 Å². The van der Waals surface area contributed by atoms with E-state index in [-0.39, 0.29) is 10.1 Å². The molecule has 1 aromatic carbocycles. The largest absolute Gasteiger partial charge is 0.325 e. The van der Waals surface area contributed by atoms with Gasteiger partial charge in [0.05, 0.1) is 16.5 Å². The van der Waals surface area contributed by atoms with Crippen molar-refractivity contribution in [3.05, 3.63) is 29.6 Å². The molecule has 0 amide bonds. The number of alkyl halides is 1. The number of hydrogen-bond acceptors (Lipinski definition) is 3. The minimum atomic E-state index is -0.168. The Morgan fingerprint density at radius 3 is 3.00 bits per heavy atom. The molecule has 1 saturated heterocycles. The Balaban J connectivity index is 2.15. The molecule has 5 heteroatoms. The molecule has 1 aromatic heterocycles. The Morgan fingerprint density at radius 1 is 1.57 bits per heavy atom. The Bertz CT molecular complexity index is 708. The molecule has 2 atom stereocenters. The average Bonchev–Trinajstić information content (AvgIpc) is 3.04. The van der Waals surface area contributed by atoms with Gasteiger partial charge in [0, 0.05) is 11.3 Å². The fourth-order valence-corrected chi connectivity index (χ4v) is 4.48. The first-order valence-electron chi connectivity index (χ1n) is 7.21. The van der Waals surface area contributed by atoms with Crippen LogP contribution in [0, 0.1) is 11.3 Å². The number of halogens is 1. The van der Waals surface area contributed by atoms with Gasteiger partial charge in [-0.1, -0.05) is 6.07 Å². The minimum absolute atomic E-state index is 0.168. The molecule has 3 rings (SSSR count). The number of rotatable bonds is 3. The third-order valence-electron chi connectivity index (χ3n) is 4.08. The highest BCUT2D eigenvalue weighted by atomic mass is 35.5. The van der Waals surface area contributed by atoms with E-state index in [9.17, 15) is 5.26 Å². The van der Waals surface area contributed by atoms with Gasteiger partial charge >= 0.3 is 0 Å². The standard InChI is InChI=1S/C16H18ClN3S/c1-11(17)15-19-14-12(9-18)5-3-6-13(14)20(15)10-16(2)7-4-8-21-16/h3,5-6,11H,4,7-8,10H2,1-2H3. The highest BCUT2D eigenvalue weighted by Crippen LogP contribution is 2.40. The lowest BCUT2D eigenvalue weighted by Gasteiger charge is -2.25. The predicted molar refractivity (Wildman–Crippen MR) is 88.8 cm³/mol. The Morgan fingerprint density at radius 2 is 2.38 bits per heavy atom. The fraction of sp³-hybridized carbons (Fsp3) is 0.500. The maximum Gasteiger partial charge on any atom is 0.127 e. The molecule has 110 valence electrons. The van der Waals surface area contributed by atoms with Crippen LogP contribution >= 0.6 is 23.4 Å². The third-order valence-corrected chi connectivity index (χ3v) is 5.80. The molecule has 1 aliphatic rings. The van der Waals surface area contributed by atoms with Gasteiger partial charge in [-0.2, -0.15) is 17.0 Å². The number of hydrogen-bond donors (Lipinski definition) is 0. The van der Waals surface area contributed by atoms with Crippen molar-refractivity contribution in [1.82, 2.24) is 9.55 Å². The predicted octanol–water partition coefficient (Wildman–Crippen LogP) is 4.49. The number of nitrogens with zero attached hydrogens (tertiary/aromatic N) is 3. The number of aromatic nitrogens is 2. The summed E-state index contributed by atoms with van der Waals surface area (Å²) in [6.07, 6.45) is 2.48. The zero-order valence-corrected chi connectivity index (χ0v) is 13.8. The molecule has 2 heterocycles. The van der Waals surface area contributed by atoms with E-state index in [1.165, 1.54) is 18.6 Å². The summed E-state index contributed by atoms with van der Waals surface area (Å²) in [5.74, 6) is 2.08. The molecule has 0 radical (unpaired) electrons. The summed E-state index contributed by atoms with van der Waals surface area (Å²) in [6, 6.07) is 8.00. The maximum absolute atomic E-state index is 9.27. The summed E-state index contributed by atoms with van der Waals surface area (Å²) in [4.78, 5) is 4.66. The van der Waals surface area contributed by atoms with E-state index in [0.29, 0.717) is 5.56 Å². The molecule has 21 heavy (non-hydrogen) atoms. The maximum atomic E-state index is 9.27. The molecule has 0 aliphatic carbocycles. The summed E-state index contributed by atoms with van der Waals surface area (Å²) in [7, 11) is 0. The number of nitriles is 1. The zero-order chi connectivity index (χ0) is 15.0. The lowest BCUT2D eigenvalue weighted by atomic mass is 10.1. The molecule has 2 aromatic rings. The van der Waals surface area contributed by atoms with Crippen molar-refractivity contribution in [1.29, 1.82) is 5.26 Å². The Hall–Kier alpha value is -1.18. The molecule has 1 fully saturated rings. The normalized spacial score (nSPS) is 23.3. The van der Waals surface area contributed by atoms with Gasteiger partial charge in [-0.15, -0.1) is 11.6 Å². The van der Waals surface area contributed by atoms with E-state index < -0.39 is 0 Å². The van der Waals surface area contributed by atoms with Crippen LogP contribution in [0.25, 0.3) is 11.0 Å². The van der Waals surface area contributed by atoms with Gasteiger partial charge in [0.1, 0.15) is 17.4 Å². The van der Waals surface area contributed by atoms with E-state index >= 15 is 0 Å². The highest BCUT2D eigenvalue weighted by Gasteiger charge is 2.32. The second-order valence-corrected chi connectivity index (χ2v) is 8.20. The van der Waals surface area contributed by atoms with Crippen molar-refractivity contribution in [3.63, 3.8) is 0 Å². The van der Waals surface area contributed by atoms with Gasteiger partial charge in [-0.3, -0.25) is 0 Å². The van der Waals surface area contributed by atoms with Gasteiger partial charge < -0.3 is 4.57 Å². The highest BCUT2D eigenvalue weighted by molar-refractivity contribution is 8.00. The van der Waals surface area contributed by atoms with Crippen LogP contribution in [0.15, 0.2) is 18.2 Å². The van der Waals surface area contributed by atoms with Gasteiger partial charge in [0.25, 0.3) is 0 Å². The molecule has 1 aliphatic heterocycles. The number of para-hydroxylation sites is 1. The quantitative estimate of drug-likeness (QED) is 0.782. The van der Waals surface area contributed by atoms with Crippen LogP contribution in [0.4, 0.5) is 0 Å². The van der Waals surface area contributed by atoms with Crippen LogP contribution in [0.2, 0.25) is 0 Å². The second kappa shape index (κ2) is 5.55. The monoisotopic (exact) mass is 319 g/mol. The number of imidazole rings is 1. The lowest BCUT2D eigenvalue weighted by Crippen LogP contribution is -2.25. The van der Waals surface area contributed by atoms with Crippen LogP contribution in [-0.2, 0) is 6.54 Å². The number of fused-ring (bicyclic) bond motifs is 1. The fourth-order valence-electron chi connectivity index (χ4n) is 3.02. The molecular formula is C16H18ClN3S. The van der Waals surface area contributed by atoms with Crippen molar-refractivity contribution in [3.8, 4) is 6.07 Å². The number of benzene rings is 1. The topological polar surface area (TPSA) is 41.6 Å². The SMILES string of the molecule is CC(Cl)c1nc2c(C#N)cccc2n1CC1(C)CCCS1. The van der Waals surface area contributed by atoms with Crippen molar-refractivity contribution < 1.29 is 0 Å². The summed E-state index contributed by atoms with van der Waals surface area (Å²) in [5.41, 5.74) is 2.41. The first-order chi connectivity index (χ1) is 10.0. The van der Waals surface area contributed by atoms with Crippen LogP contribution in [0.1, 0.15) is 43.5 Å². The van der Waals surface area contributed by atoms with E-state index in [1.54, 1.807) is 0 Å². The average molecular weight is 320 g/mol. The summed E-state index contributed by atoms with van der Waals surface area (Å²) < 4.78 is 2.45. The van der Waals surface area contributed by atoms with Gasteiger partial charge in [-0.05, 0) is 44.6 Å². The summed E-state index contributed by atoms with van der Waals surface area (Å²) in [5, 5.41) is 9.11. The van der Waals surface area contributed by atoms with E-state index in [2.05, 4.69) is 22.5 Å². The molecule has 0 N–H and O–H groups in total. The second-order valence-electron chi connectivity index (χ2n) is 5.86. The van der Waals surface area contributed by atoms with E-state index in [1.807, 2.05) is 36.9 Å². The molecule has 3 nitrogen and oxygen atoms in total. The lowest BCUT2D eigenvalue weighted by molar-refractivity contribution is 0.506.